The molecule has 5 nitrogen and oxygen atoms in total. The van der Waals surface area contributed by atoms with E-state index in [1.807, 2.05) is 0 Å². The van der Waals surface area contributed by atoms with E-state index in [1.165, 1.54) is 0 Å². The molecule has 1 saturated carbocycles. The van der Waals surface area contributed by atoms with Crippen LogP contribution in [0, 0.1) is 5.92 Å². The minimum Gasteiger partial charge on any atom is -0.481 e. The van der Waals surface area contributed by atoms with Gasteiger partial charge >= 0.3 is 12.0 Å². The second-order valence-corrected chi connectivity index (χ2v) is 3.93. The van der Waals surface area contributed by atoms with Gasteiger partial charge in [0.05, 0.1) is 5.92 Å². The molecular weight excluding hydrogens is 184 g/mol. The summed E-state index contributed by atoms with van der Waals surface area (Å²) in [6, 6.07) is 0.0969. The van der Waals surface area contributed by atoms with E-state index in [2.05, 4.69) is 5.32 Å². The Labute approximate surface area is 82.1 Å². The van der Waals surface area contributed by atoms with Crippen LogP contribution in [0.3, 0.4) is 0 Å². The molecule has 0 bridgehead atoms. The Balaban J connectivity index is 1.95. The number of carbonyl (C=O) groups excluding carboxylic acids is 1. The van der Waals surface area contributed by atoms with Crippen LogP contribution in [-0.2, 0) is 4.79 Å². The largest absolute Gasteiger partial charge is 0.481 e. The number of carboxylic acids is 1. The Morgan fingerprint density at radius 1 is 1.50 bits per heavy atom. The lowest BCUT2D eigenvalue weighted by molar-refractivity contribution is -0.141. The Morgan fingerprint density at radius 2 is 2.29 bits per heavy atom. The van der Waals surface area contributed by atoms with Gasteiger partial charge in [-0.1, -0.05) is 0 Å². The molecule has 1 heterocycles. The van der Waals surface area contributed by atoms with Crippen LogP contribution >= 0.6 is 0 Å². The molecule has 0 unspecified atom stereocenters. The molecule has 1 aliphatic heterocycles. The summed E-state index contributed by atoms with van der Waals surface area (Å²) in [5.74, 6) is -0.986. The molecular formula is C9H14N2O3. The van der Waals surface area contributed by atoms with Crippen molar-refractivity contribution >= 4 is 12.0 Å². The lowest BCUT2D eigenvalue weighted by atomic mass is 10.1. The van der Waals surface area contributed by atoms with Gasteiger partial charge in [-0.2, -0.15) is 0 Å². The van der Waals surface area contributed by atoms with Gasteiger partial charge < -0.3 is 15.3 Å². The molecule has 2 aliphatic rings. The number of hydrogen-bond acceptors (Lipinski definition) is 2. The third-order valence-electron chi connectivity index (χ3n) is 3.08. The van der Waals surface area contributed by atoms with Crippen molar-refractivity contribution < 1.29 is 14.7 Å². The number of carbonyl (C=O) groups is 2. The summed E-state index contributed by atoms with van der Waals surface area (Å²) in [4.78, 5) is 23.8. The summed E-state index contributed by atoms with van der Waals surface area (Å²) in [7, 11) is 0. The summed E-state index contributed by atoms with van der Waals surface area (Å²) >= 11 is 0. The molecule has 5 heteroatoms. The predicted octanol–water partition coefficient (Wildman–Crippen LogP) is 0.265. The van der Waals surface area contributed by atoms with Crippen LogP contribution in [0.5, 0.6) is 0 Å². The fourth-order valence-corrected chi connectivity index (χ4v) is 2.30. The highest BCUT2D eigenvalue weighted by Gasteiger charge is 2.36. The highest BCUT2D eigenvalue weighted by Crippen LogP contribution is 2.30. The van der Waals surface area contributed by atoms with Crippen LogP contribution < -0.4 is 5.32 Å². The van der Waals surface area contributed by atoms with Crippen molar-refractivity contribution in [1.82, 2.24) is 10.2 Å². The standard InChI is InChI=1S/C9H14N2O3/c12-8(13)6-1-2-7(5-6)11-4-3-10-9(11)14/h6-7H,1-5H2,(H,10,14)(H,12,13)/t6-,7+/m1/s1. The first kappa shape index (κ1) is 9.30. The molecule has 2 atom stereocenters. The smallest absolute Gasteiger partial charge is 0.317 e. The van der Waals surface area contributed by atoms with Gasteiger partial charge in [-0.3, -0.25) is 4.79 Å². The zero-order chi connectivity index (χ0) is 10.1. The molecule has 78 valence electrons. The number of aliphatic carboxylic acids is 1. The van der Waals surface area contributed by atoms with Crippen molar-refractivity contribution in [2.24, 2.45) is 5.92 Å². The van der Waals surface area contributed by atoms with Crippen LogP contribution in [0.4, 0.5) is 4.79 Å². The second-order valence-electron chi connectivity index (χ2n) is 3.93. The zero-order valence-corrected chi connectivity index (χ0v) is 7.90. The van der Waals surface area contributed by atoms with E-state index in [9.17, 15) is 9.59 Å². The van der Waals surface area contributed by atoms with E-state index < -0.39 is 5.97 Å². The fourth-order valence-electron chi connectivity index (χ4n) is 2.30. The van der Waals surface area contributed by atoms with Gasteiger partial charge in [0, 0.05) is 19.1 Å². The number of rotatable bonds is 2. The molecule has 1 saturated heterocycles. The van der Waals surface area contributed by atoms with Gasteiger partial charge in [0.2, 0.25) is 0 Å². The number of urea groups is 1. The molecule has 1 aliphatic carbocycles. The van der Waals surface area contributed by atoms with Crippen LogP contribution in [0.1, 0.15) is 19.3 Å². The summed E-state index contributed by atoms with van der Waals surface area (Å²) in [6.07, 6.45) is 2.14. The molecule has 0 aromatic carbocycles. The third kappa shape index (κ3) is 1.54. The van der Waals surface area contributed by atoms with E-state index in [0.29, 0.717) is 19.4 Å². The van der Waals surface area contributed by atoms with Crippen molar-refractivity contribution in [3.63, 3.8) is 0 Å². The fraction of sp³-hybridized carbons (Fsp3) is 0.778. The Kier molecular flexibility index (Phi) is 2.31. The first-order valence-electron chi connectivity index (χ1n) is 4.96. The molecule has 0 spiro atoms. The van der Waals surface area contributed by atoms with Crippen molar-refractivity contribution in [2.45, 2.75) is 25.3 Å². The van der Waals surface area contributed by atoms with Crippen molar-refractivity contribution in [3.05, 3.63) is 0 Å². The van der Waals surface area contributed by atoms with Gasteiger partial charge in [-0.05, 0) is 19.3 Å². The first-order valence-corrected chi connectivity index (χ1v) is 4.96. The highest BCUT2D eigenvalue weighted by atomic mass is 16.4. The van der Waals surface area contributed by atoms with E-state index in [1.54, 1.807) is 4.90 Å². The maximum absolute atomic E-state index is 11.3. The van der Waals surface area contributed by atoms with E-state index in [4.69, 9.17) is 5.11 Å². The lowest BCUT2D eigenvalue weighted by Crippen LogP contribution is -2.36. The van der Waals surface area contributed by atoms with Crippen LogP contribution in [-0.4, -0.2) is 41.1 Å². The van der Waals surface area contributed by atoms with Crippen molar-refractivity contribution in [2.75, 3.05) is 13.1 Å². The molecule has 0 aromatic rings. The molecule has 0 aromatic heterocycles. The summed E-state index contributed by atoms with van der Waals surface area (Å²) in [5.41, 5.74) is 0. The van der Waals surface area contributed by atoms with Crippen molar-refractivity contribution in [3.8, 4) is 0 Å². The average molecular weight is 198 g/mol. The molecule has 2 N–H and O–H groups in total. The molecule has 2 rings (SSSR count). The number of nitrogens with zero attached hydrogens (tertiary/aromatic N) is 1. The lowest BCUT2D eigenvalue weighted by Gasteiger charge is -2.21. The molecule has 2 amide bonds. The number of hydrogen-bond donors (Lipinski definition) is 2. The second kappa shape index (κ2) is 3.48. The van der Waals surface area contributed by atoms with Gasteiger partial charge in [0.15, 0.2) is 0 Å². The minimum atomic E-state index is -0.730. The first-order chi connectivity index (χ1) is 6.68. The summed E-state index contributed by atoms with van der Waals surface area (Å²) in [5, 5.41) is 11.6. The quantitative estimate of drug-likeness (QED) is 0.669. The Bertz CT molecular complexity index is 267. The SMILES string of the molecule is O=C(O)[C@@H]1CC[C@H](N2CCNC2=O)C1. The zero-order valence-electron chi connectivity index (χ0n) is 7.90. The summed E-state index contributed by atoms with van der Waals surface area (Å²) < 4.78 is 0. The molecule has 0 radical (unpaired) electrons. The van der Waals surface area contributed by atoms with Crippen LogP contribution in [0.2, 0.25) is 0 Å². The predicted molar refractivity (Wildman–Crippen MR) is 48.9 cm³/mol. The highest BCUT2D eigenvalue weighted by molar-refractivity contribution is 5.77. The van der Waals surface area contributed by atoms with Crippen LogP contribution in [0.15, 0.2) is 0 Å². The number of carboxylic acid groups (broad SMARTS) is 1. The van der Waals surface area contributed by atoms with E-state index in [0.717, 1.165) is 13.0 Å². The van der Waals surface area contributed by atoms with Gasteiger partial charge in [-0.25, -0.2) is 4.79 Å². The maximum Gasteiger partial charge on any atom is 0.317 e. The van der Waals surface area contributed by atoms with E-state index >= 15 is 0 Å². The third-order valence-corrected chi connectivity index (χ3v) is 3.08. The number of nitrogens with one attached hydrogen (secondary N) is 1. The monoisotopic (exact) mass is 198 g/mol. The maximum atomic E-state index is 11.3. The minimum absolute atomic E-state index is 0.0407. The average Bonchev–Trinajstić information content (AvgIpc) is 2.71. The number of amides is 2. The van der Waals surface area contributed by atoms with Crippen LogP contribution in [0.25, 0.3) is 0 Å². The Hall–Kier alpha value is -1.26. The Morgan fingerprint density at radius 3 is 2.79 bits per heavy atom. The van der Waals surface area contributed by atoms with Gasteiger partial charge in [0.1, 0.15) is 0 Å². The van der Waals surface area contributed by atoms with E-state index in [-0.39, 0.29) is 18.0 Å². The van der Waals surface area contributed by atoms with Gasteiger partial charge in [-0.15, -0.1) is 0 Å². The molecule has 2 fully saturated rings. The topological polar surface area (TPSA) is 69.6 Å². The molecule has 14 heavy (non-hydrogen) atoms. The normalized spacial score (nSPS) is 32.0. The summed E-state index contributed by atoms with van der Waals surface area (Å²) in [6.45, 7) is 1.41. The van der Waals surface area contributed by atoms with Gasteiger partial charge in [0.25, 0.3) is 0 Å². The van der Waals surface area contributed by atoms with Crippen molar-refractivity contribution in [1.29, 1.82) is 0 Å².